The van der Waals surface area contributed by atoms with E-state index in [1.807, 2.05) is 0 Å². The number of amides is 1. The predicted octanol–water partition coefficient (Wildman–Crippen LogP) is 1.07. The molecule has 0 saturated carbocycles. The van der Waals surface area contributed by atoms with E-state index in [-0.39, 0.29) is 5.91 Å². The molecule has 1 atom stereocenters. The quantitative estimate of drug-likeness (QED) is 0.803. The summed E-state index contributed by atoms with van der Waals surface area (Å²) >= 11 is 0. The second-order valence-corrected chi connectivity index (χ2v) is 4.00. The minimum Gasteiger partial charge on any atom is -0.495 e. The Morgan fingerprint density at radius 3 is 2.95 bits per heavy atom. The topological polar surface area (TPSA) is 95.1 Å². The van der Waals surface area contributed by atoms with Crippen LogP contribution in [0.3, 0.4) is 0 Å². The van der Waals surface area contributed by atoms with Gasteiger partial charge in [0.05, 0.1) is 12.8 Å². The second kappa shape index (κ2) is 5.38. The molecule has 0 bridgehead atoms. The highest BCUT2D eigenvalue weighted by atomic mass is 16.5. The number of benzene rings is 1. The van der Waals surface area contributed by atoms with Gasteiger partial charge in [0.2, 0.25) is 5.91 Å². The predicted molar refractivity (Wildman–Crippen MR) is 70.8 cm³/mol. The first-order valence-electron chi connectivity index (χ1n) is 5.70. The SMILES string of the molecule is COc1ccc(N)cc1NC(=O)C(C)n1cncn1. The Bertz CT molecular complexity index is 568. The van der Waals surface area contributed by atoms with Crippen molar-refractivity contribution in [1.82, 2.24) is 14.8 Å². The Morgan fingerprint density at radius 1 is 1.53 bits per heavy atom. The molecule has 1 heterocycles. The van der Waals surface area contributed by atoms with E-state index >= 15 is 0 Å². The third-order valence-corrected chi connectivity index (χ3v) is 2.69. The van der Waals surface area contributed by atoms with Crippen LogP contribution in [0, 0.1) is 0 Å². The number of methoxy groups -OCH3 is 1. The summed E-state index contributed by atoms with van der Waals surface area (Å²) in [6, 6.07) is 4.57. The molecule has 0 saturated heterocycles. The Hall–Kier alpha value is -2.57. The van der Waals surface area contributed by atoms with E-state index in [0.717, 1.165) is 0 Å². The molecule has 2 rings (SSSR count). The van der Waals surface area contributed by atoms with E-state index in [9.17, 15) is 4.79 Å². The number of anilines is 2. The summed E-state index contributed by atoms with van der Waals surface area (Å²) in [5, 5.41) is 6.69. The number of rotatable bonds is 4. The first kappa shape index (κ1) is 12.9. The first-order chi connectivity index (χ1) is 9.11. The van der Waals surface area contributed by atoms with Crippen LogP contribution >= 0.6 is 0 Å². The van der Waals surface area contributed by atoms with Crippen molar-refractivity contribution in [3.05, 3.63) is 30.9 Å². The van der Waals surface area contributed by atoms with Gasteiger partial charge in [0.1, 0.15) is 24.4 Å². The largest absolute Gasteiger partial charge is 0.495 e. The highest BCUT2D eigenvalue weighted by molar-refractivity contribution is 5.95. The van der Waals surface area contributed by atoms with Crippen molar-refractivity contribution >= 4 is 17.3 Å². The van der Waals surface area contributed by atoms with Crippen LogP contribution in [0.4, 0.5) is 11.4 Å². The summed E-state index contributed by atoms with van der Waals surface area (Å²) in [6.45, 7) is 1.72. The van der Waals surface area contributed by atoms with Gasteiger partial charge in [0.25, 0.3) is 0 Å². The number of carbonyl (C=O) groups is 1. The van der Waals surface area contributed by atoms with Gasteiger partial charge in [-0.05, 0) is 25.1 Å². The van der Waals surface area contributed by atoms with Crippen molar-refractivity contribution in [1.29, 1.82) is 0 Å². The van der Waals surface area contributed by atoms with Gasteiger partial charge >= 0.3 is 0 Å². The maximum Gasteiger partial charge on any atom is 0.249 e. The van der Waals surface area contributed by atoms with E-state index in [1.165, 1.54) is 24.4 Å². The summed E-state index contributed by atoms with van der Waals surface area (Å²) in [5.74, 6) is 0.322. The Balaban J connectivity index is 2.17. The van der Waals surface area contributed by atoms with Gasteiger partial charge in [-0.1, -0.05) is 0 Å². The third kappa shape index (κ3) is 2.82. The molecule has 7 nitrogen and oxygen atoms in total. The number of nitrogen functional groups attached to an aromatic ring is 1. The molecule has 2 aromatic rings. The van der Waals surface area contributed by atoms with Crippen LogP contribution < -0.4 is 15.8 Å². The van der Waals surface area contributed by atoms with Crippen molar-refractivity contribution in [3.63, 3.8) is 0 Å². The minimum absolute atomic E-state index is 0.227. The fraction of sp³-hybridized carbons (Fsp3) is 0.250. The van der Waals surface area contributed by atoms with Gasteiger partial charge in [-0.25, -0.2) is 9.67 Å². The molecular formula is C12H15N5O2. The van der Waals surface area contributed by atoms with Crippen LogP contribution in [0.5, 0.6) is 5.75 Å². The summed E-state index contributed by atoms with van der Waals surface area (Å²) < 4.78 is 6.63. The van der Waals surface area contributed by atoms with Crippen LogP contribution in [-0.4, -0.2) is 27.8 Å². The fourth-order valence-corrected chi connectivity index (χ4v) is 1.60. The molecule has 1 aromatic heterocycles. The minimum atomic E-state index is -0.478. The molecule has 100 valence electrons. The van der Waals surface area contributed by atoms with Crippen molar-refractivity contribution in [2.75, 3.05) is 18.2 Å². The summed E-state index contributed by atoms with van der Waals surface area (Å²) in [6.07, 6.45) is 2.87. The molecule has 1 amide bonds. The molecule has 0 fully saturated rings. The van der Waals surface area contributed by atoms with Gasteiger partial charge in [-0.3, -0.25) is 4.79 Å². The lowest BCUT2D eigenvalue weighted by Crippen LogP contribution is -2.24. The van der Waals surface area contributed by atoms with Crippen molar-refractivity contribution in [2.24, 2.45) is 0 Å². The maximum atomic E-state index is 12.1. The molecule has 7 heteroatoms. The molecule has 1 unspecified atom stereocenters. The monoisotopic (exact) mass is 261 g/mol. The number of carbonyl (C=O) groups excluding carboxylic acids is 1. The van der Waals surface area contributed by atoms with Gasteiger partial charge in [0.15, 0.2) is 0 Å². The van der Waals surface area contributed by atoms with E-state index < -0.39 is 6.04 Å². The molecule has 0 aliphatic rings. The van der Waals surface area contributed by atoms with Crippen LogP contribution in [-0.2, 0) is 4.79 Å². The van der Waals surface area contributed by atoms with E-state index in [4.69, 9.17) is 10.5 Å². The fourth-order valence-electron chi connectivity index (χ4n) is 1.60. The molecule has 0 aliphatic carbocycles. The van der Waals surface area contributed by atoms with Gasteiger partial charge < -0.3 is 15.8 Å². The zero-order valence-corrected chi connectivity index (χ0v) is 10.7. The molecule has 1 aromatic carbocycles. The average molecular weight is 261 g/mol. The molecule has 0 aliphatic heterocycles. The zero-order valence-electron chi connectivity index (χ0n) is 10.7. The van der Waals surface area contributed by atoms with Crippen molar-refractivity contribution < 1.29 is 9.53 Å². The standard InChI is InChI=1S/C12H15N5O2/c1-8(17-7-14-6-15-17)12(18)16-10-5-9(13)3-4-11(10)19-2/h3-8H,13H2,1-2H3,(H,16,18). The Labute approximate surface area is 110 Å². The summed E-state index contributed by atoms with van der Waals surface area (Å²) in [5.41, 5.74) is 6.77. The molecule has 0 radical (unpaired) electrons. The highest BCUT2D eigenvalue weighted by Gasteiger charge is 2.17. The van der Waals surface area contributed by atoms with Crippen LogP contribution in [0.25, 0.3) is 0 Å². The number of aromatic nitrogens is 3. The lowest BCUT2D eigenvalue weighted by molar-refractivity contribution is -0.119. The number of ether oxygens (including phenoxy) is 1. The number of nitrogens with one attached hydrogen (secondary N) is 1. The average Bonchev–Trinajstić information content (AvgIpc) is 2.92. The normalized spacial score (nSPS) is 11.9. The lowest BCUT2D eigenvalue weighted by atomic mass is 10.2. The number of hydrogen-bond acceptors (Lipinski definition) is 5. The van der Waals surface area contributed by atoms with Crippen LogP contribution in [0.1, 0.15) is 13.0 Å². The van der Waals surface area contributed by atoms with Crippen LogP contribution in [0.2, 0.25) is 0 Å². The van der Waals surface area contributed by atoms with Crippen LogP contribution in [0.15, 0.2) is 30.9 Å². The first-order valence-corrected chi connectivity index (χ1v) is 5.70. The molecule has 0 spiro atoms. The Morgan fingerprint density at radius 2 is 2.32 bits per heavy atom. The molecule has 3 N–H and O–H groups in total. The third-order valence-electron chi connectivity index (χ3n) is 2.69. The molecule has 19 heavy (non-hydrogen) atoms. The van der Waals surface area contributed by atoms with Gasteiger partial charge in [-0.2, -0.15) is 5.10 Å². The zero-order chi connectivity index (χ0) is 13.8. The van der Waals surface area contributed by atoms with E-state index in [1.54, 1.807) is 25.1 Å². The van der Waals surface area contributed by atoms with Gasteiger partial charge in [0, 0.05) is 5.69 Å². The second-order valence-electron chi connectivity index (χ2n) is 4.00. The highest BCUT2D eigenvalue weighted by Crippen LogP contribution is 2.27. The van der Waals surface area contributed by atoms with Gasteiger partial charge in [-0.15, -0.1) is 0 Å². The van der Waals surface area contributed by atoms with E-state index in [0.29, 0.717) is 17.1 Å². The van der Waals surface area contributed by atoms with E-state index in [2.05, 4.69) is 15.4 Å². The lowest BCUT2D eigenvalue weighted by Gasteiger charge is -2.14. The van der Waals surface area contributed by atoms with Crippen molar-refractivity contribution in [2.45, 2.75) is 13.0 Å². The maximum absolute atomic E-state index is 12.1. The number of nitrogens with two attached hydrogens (primary N) is 1. The summed E-state index contributed by atoms with van der Waals surface area (Å²) in [7, 11) is 1.53. The molecular weight excluding hydrogens is 246 g/mol. The number of hydrogen-bond donors (Lipinski definition) is 2. The Kier molecular flexibility index (Phi) is 3.65. The van der Waals surface area contributed by atoms with Crippen molar-refractivity contribution in [3.8, 4) is 5.75 Å². The summed E-state index contributed by atoms with van der Waals surface area (Å²) in [4.78, 5) is 15.9. The number of nitrogens with zero attached hydrogens (tertiary/aromatic N) is 3. The smallest absolute Gasteiger partial charge is 0.249 e.